The van der Waals surface area contributed by atoms with Gasteiger partial charge in [0.15, 0.2) is 0 Å². The molecule has 0 aliphatic heterocycles. The van der Waals surface area contributed by atoms with Crippen molar-refractivity contribution in [1.29, 1.82) is 0 Å². The highest BCUT2D eigenvalue weighted by molar-refractivity contribution is 5.67. The van der Waals surface area contributed by atoms with Crippen molar-refractivity contribution in [3.05, 3.63) is 71.8 Å². The summed E-state index contributed by atoms with van der Waals surface area (Å²) in [5.74, 6) is 0. The lowest BCUT2D eigenvalue weighted by Crippen LogP contribution is -2.24. The van der Waals surface area contributed by atoms with Crippen molar-refractivity contribution in [2.45, 2.75) is 6.61 Å². The molecule has 23 heavy (non-hydrogen) atoms. The van der Waals surface area contributed by atoms with E-state index in [1.165, 1.54) is 0 Å². The fourth-order valence-corrected chi connectivity index (χ4v) is 1.99. The molecule has 2 aromatic rings. The molecule has 2 rings (SSSR count). The Hall–Kier alpha value is -2.75. The average Bonchev–Trinajstić information content (AvgIpc) is 2.58. The lowest BCUT2D eigenvalue weighted by molar-refractivity contribution is 0.141. The van der Waals surface area contributed by atoms with Gasteiger partial charge < -0.3 is 15.0 Å². The molecule has 0 spiro atoms. The molecule has 4 nitrogen and oxygen atoms in total. The number of ether oxygens (including phenoxy) is 1. The monoisotopic (exact) mass is 310 g/mol. The van der Waals surface area contributed by atoms with Crippen LogP contribution in [0.25, 0.3) is 6.08 Å². The molecule has 120 valence electrons. The van der Waals surface area contributed by atoms with E-state index in [-0.39, 0.29) is 6.61 Å². The smallest absolute Gasteiger partial charge is 0.407 e. The lowest BCUT2D eigenvalue weighted by atomic mass is 10.2. The van der Waals surface area contributed by atoms with E-state index in [1.807, 2.05) is 68.7 Å². The van der Waals surface area contributed by atoms with Crippen LogP contribution in [0.5, 0.6) is 0 Å². The maximum Gasteiger partial charge on any atom is 0.407 e. The average molecular weight is 310 g/mol. The van der Waals surface area contributed by atoms with Gasteiger partial charge in [-0.25, -0.2) is 4.79 Å². The molecule has 0 atom stereocenters. The Kier molecular flexibility index (Phi) is 6.24. The van der Waals surface area contributed by atoms with Crippen LogP contribution in [0, 0.1) is 0 Å². The second-order valence-electron chi connectivity index (χ2n) is 5.33. The molecule has 0 unspecified atom stereocenters. The fourth-order valence-electron chi connectivity index (χ4n) is 1.99. The van der Waals surface area contributed by atoms with Crippen LogP contribution in [-0.2, 0) is 11.3 Å². The van der Waals surface area contributed by atoms with E-state index in [1.54, 1.807) is 0 Å². The predicted octanol–water partition coefficient (Wildman–Crippen LogP) is 3.69. The van der Waals surface area contributed by atoms with Crippen LogP contribution >= 0.6 is 0 Å². The van der Waals surface area contributed by atoms with Crippen LogP contribution in [0.15, 0.2) is 60.7 Å². The van der Waals surface area contributed by atoms with Crippen LogP contribution in [0.2, 0.25) is 0 Å². The highest BCUT2D eigenvalue weighted by atomic mass is 16.5. The maximum absolute atomic E-state index is 11.6. The standard InChI is InChI=1S/C19H22N2O2/c1-21(2)18-12-10-16(11-13-18)9-6-14-20-19(22)23-15-17-7-4-3-5-8-17/h3-13H,14-15H2,1-2H3,(H,20,22). The largest absolute Gasteiger partial charge is 0.445 e. The zero-order valence-electron chi connectivity index (χ0n) is 13.5. The van der Waals surface area contributed by atoms with E-state index >= 15 is 0 Å². The molecular weight excluding hydrogens is 288 g/mol. The van der Waals surface area contributed by atoms with E-state index in [0.717, 1.165) is 16.8 Å². The Bertz CT molecular complexity index is 634. The summed E-state index contributed by atoms with van der Waals surface area (Å²) >= 11 is 0. The highest BCUT2D eigenvalue weighted by Crippen LogP contribution is 2.12. The van der Waals surface area contributed by atoms with Gasteiger partial charge in [-0.1, -0.05) is 54.6 Å². The van der Waals surface area contributed by atoms with Gasteiger partial charge in [0.2, 0.25) is 0 Å². The minimum Gasteiger partial charge on any atom is -0.445 e. The minimum absolute atomic E-state index is 0.280. The van der Waals surface area contributed by atoms with E-state index in [9.17, 15) is 4.79 Å². The van der Waals surface area contributed by atoms with Gasteiger partial charge in [0.1, 0.15) is 6.61 Å². The van der Waals surface area contributed by atoms with Gasteiger partial charge >= 0.3 is 6.09 Å². The SMILES string of the molecule is CN(C)c1ccc(C=CCNC(=O)OCc2ccccc2)cc1. The zero-order valence-corrected chi connectivity index (χ0v) is 13.5. The van der Waals surface area contributed by atoms with Gasteiger partial charge in [0.05, 0.1) is 0 Å². The molecule has 0 aliphatic carbocycles. The van der Waals surface area contributed by atoms with Crippen molar-refractivity contribution in [2.24, 2.45) is 0 Å². The molecule has 0 aromatic heterocycles. The van der Waals surface area contributed by atoms with Gasteiger partial charge in [-0.3, -0.25) is 0 Å². The number of rotatable bonds is 6. The van der Waals surface area contributed by atoms with Gasteiger partial charge in [-0.2, -0.15) is 0 Å². The number of hydrogen-bond acceptors (Lipinski definition) is 3. The molecule has 0 fully saturated rings. The molecule has 2 aromatic carbocycles. The Morgan fingerprint density at radius 1 is 1.09 bits per heavy atom. The summed E-state index contributed by atoms with van der Waals surface area (Å²) in [6.07, 6.45) is 3.45. The van der Waals surface area contributed by atoms with Crippen LogP contribution in [0.3, 0.4) is 0 Å². The molecule has 1 amide bonds. The maximum atomic E-state index is 11.6. The van der Waals surface area contributed by atoms with Gasteiger partial charge in [0, 0.05) is 26.3 Å². The number of anilines is 1. The summed E-state index contributed by atoms with van der Waals surface area (Å²) in [7, 11) is 4.02. The number of amides is 1. The third-order valence-electron chi connectivity index (χ3n) is 3.30. The molecule has 0 saturated carbocycles. The first-order chi connectivity index (χ1) is 11.1. The third kappa shape index (κ3) is 5.87. The quantitative estimate of drug-likeness (QED) is 0.884. The first-order valence-corrected chi connectivity index (χ1v) is 7.53. The summed E-state index contributed by atoms with van der Waals surface area (Å²) in [4.78, 5) is 13.6. The summed E-state index contributed by atoms with van der Waals surface area (Å²) in [5.41, 5.74) is 3.22. The zero-order chi connectivity index (χ0) is 16.5. The van der Waals surface area contributed by atoms with E-state index < -0.39 is 6.09 Å². The van der Waals surface area contributed by atoms with Crippen molar-refractivity contribution in [2.75, 3.05) is 25.5 Å². The molecule has 0 heterocycles. The third-order valence-corrected chi connectivity index (χ3v) is 3.30. The molecule has 0 saturated heterocycles. The second-order valence-corrected chi connectivity index (χ2v) is 5.33. The number of nitrogens with zero attached hydrogens (tertiary/aromatic N) is 1. The highest BCUT2D eigenvalue weighted by Gasteiger charge is 2.00. The van der Waals surface area contributed by atoms with Gasteiger partial charge in [0.25, 0.3) is 0 Å². The summed E-state index contributed by atoms with van der Waals surface area (Å²) < 4.78 is 5.13. The molecule has 4 heteroatoms. The molecule has 0 radical (unpaired) electrons. The van der Waals surface area contributed by atoms with Crippen LogP contribution in [0.4, 0.5) is 10.5 Å². The van der Waals surface area contributed by atoms with Gasteiger partial charge in [-0.15, -0.1) is 0 Å². The molecular formula is C19H22N2O2. The number of hydrogen-bond donors (Lipinski definition) is 1. The summed E-state index contributed by atoms with van der Waals surface area (Å²) in [6, 6.07) is 17.8. The predicted molar refractivity (Wildman–Crippen MR) is 94.4 cm³/mol. The molecule has 1 N–H and O–H groups in total. The number of nitrogens with one attached hydrogen (secondary N) is 1. The molecule has 0 aliphatic rings. The van der Waals surface area contributed by atoms with Crippen LogP contribution in [-0.4, -0.2) is 26.7 Å². The van der Waals surface area contributed by atoms with Crippen molar-refractivity contribution in [1.82, 2.24) is 5.32 Å². The first-order valence-electron chi connectivity index (χ1n) is 7.53. The van der Waals surface area contributed by atoms with Crippen LogP contribution in [0.1, 0.15) is 11.1 Å². The Morgan fingerprint density at radius 3 is 2.43 bits per heavy atom. The lowest BCUT2D eigenvalue weighted by Gasteiger charge is -2.11. The Labute approximate surface area is 137 Å². The Morgan fingerprint density at radius 2 is 1.78 bits per heavy atom. The van der Waals surface area contributed by atoms with Crippen LogP contribution < -0.4 is 10.2 Å². The van der Waals surface area contributed by atoms with E-state index in [2.05, 4.69) is 22.3 Å². The summed E-state index contributed by atoms with van der Waals surface area (Å²) in [6.45, 7) is 0.714. The number of benzene rings is 2. The minimum atomic E-state index is -0.415. The van der Waals surface area contributed by atoms with E-state index in [4.69, 9.17) is 4.74 Å². The van der Waals surface area contributed by atoms with Crippen molar-refractivity contribution >= 4 is 17.9 Å². The normalized spacial score (nSPS) is 10.5. The Balaban J connectivity index is 1.70. The van der Waals surface area contributed by atoms with Crippen molar-refractivity contribution in [3.63, 3.8) is 0 Å². The number of carbonyl (C=O) groups excluding carboxylic acids is 1. The number of alkyl carbamates (subject to hydrolysis) is 1. The van der Waals surface area contributed by atoms with E-state index in [0.29, 0.717) is 6.54 Å². The molecule has 0 bridgehead atoms. The summed E-state index contributed by atoms with van der Waals surface area (Å²) in [5, 5.41) is 2.70. The topological polar surface area (TPSA) is 41.6 Å². The van der Waals surface area contributed by atoms with Crippen molar-refractivity contribution < 1.29 is 9.53 Å². The number of carbonyl (C=O) groups is 1. The second kappa shape index (κ2) is 8.63. The van der Waals surface area contributed by atoms with Crippen molar-refractivity contribution in [3.8, 4) is 0 Å². The fraction of sp³-hybridized carbons (Fsp3) is 0.211. The first kappa shape index (κ1) is 16.6. The van der Waals surface area contributed by atoms with Gasteiger partial charge in [-0.05, 0) is 23.3 Å².